The predicted molar refractivity (Wildman–Crippen MR) is 100 cm³/mol. The van der Waals surface area contributed by atoms with Gasteiger partial charge in [0.25, 0.3) is 0 Å². The molecule has 138 valence electrons. The molecule has 1 aliphatic carbocycles. The van der Waals surface area contributed by atoms with E-state index in [9.17, 15) is 4.79 Å². The molecule has 1 saturated carbocycles. The number of aryl methyl sites for hydroxylation is 1. The Morgan fingerprint density at radius 1 is 1.31 bits per heavy atom. The van der Waals surface area contributed by atoms with Gasteiger partial charge < -0.3 is 15.6 Å². The summed E-state index contributed by atoms with van der Waals surface area (Å²) >= 11 is 0. The van der Waals surface area contributed by atoms with Crippen LogP contribution in [0.4, 0.5) is 0 Å². The van der Waals surface area contributed by atoms with Crippen LogP contribution in [0.2, 0.25) is 0 Å². The van der Waals surface area contributed by atoms with Crippen molar-refractivity contribution in [3.05, 3.63) is 53.6 Å². The van der Waals surface area contributed by atoms with E-state index in [-0.39, 0.29) is 5.91 Å². The molecule has 2 aromatic rings. The lowest BCUT2D eigenvalue weighted by atomic mass is 9.93. The van der Waals surface area contributed by atoms with Crippen molar-refractivity contribution in [3.63, 3.8) is 0 Å². The largest absolute Gasteiger partial charge is 0.366 e. The number of carbonyl (C=O) groups excluding carboxylic acids is 1. The molecule has 1 spiro atoms. The van der Waals surface area contributed by atoms with Gasteiger partial charge in [0.15, 0.2) is 0 Å². The monoisotopic (exact) mass is 353 g/mol. The molecule has 6 heteroatoms. The summed E-state index contributed by atoms with van der Waals surface area (Å²) < 4.78 is 2.10. The molecular formula is C20H27N5O. The van der Waals surface area contributed by atoms with Crippen LogP contribution < -0.4 is 11.1 Å². The maximum absolute atomic E-state index is 11.3. The summed E-state index contributed by atoms with van der Waals surface area (Å²) in [5.74, 6) is 0.715. The molecular weight excluding hydrogens is 326 g/mol. The van der Waals surface area contributed by atoms with Gasteiger partial charge in [0, 0.05) is 37.6 Å². The van der Waals surface area contributed by atoms with Gasteiger partial charge in [-0.25, -0.2) is 4.98 Å². The molecule has 26 heavy (non-hydrogen) atoms. The molecule has 1 aromatic carbocycles. The van der Waals surface area contributed by atoms with Gasteiger partial charge in [-0.2, -0.15) is 0 Å². The second kappa shape index (κ2) is 6.85. The SMILES string of the molecule is Cn1ccnc1CN(Cc1ccc(C(N)=O)cc1)C1CC12CCNCC2. The quantitative estimate of drug-likeness (QED) is 0.828. The van der Waals surface area contributed by atoms with Crippen LogP contribution in [-0.4, -0.2) is 39.5 Å². The summed E-state index contributed by atoms with van der Waals surface area (Å²) in [6, 6.07) is 8.29. The lowest BCUT2D eigenvalue weighted by Crippen LogP contribution is -2.36. The third-order valence-electron chi connectivity index (χ3n) is 6.08. The zero-order valence-corrected chi connectivity index (χ0v) is 15.3. The first-order valence-electron chi connectivity index (χ1n) is 9.37. The number of hydrogen-bond donors (Lipinski definition) is 2. The van der Waals surface area contributed by atoms with E-state index in [1.165, 1.54) is 24.8 Å². The van der Waals surface area contributed by atoms with E-state index >= 15 is 0 Å². The number of hydrogen-bond acceptors (Lipinski definition) is 4. The molecule has 0 radical (unpaired) electrons. The summed E-state index contributed by atoms with van der Waals surface area (Å²) in [4.78, 5) is 18.4. The number of primary amides is 1. The van der Waals surface area contributed by atoms with Gasteiger partial charge >= 0.3 is 0 Å². The lowest BCUT2D eigenvalue weighted by molar-refractivity contribution is 0.100. The number of nitrogens with zero attached hydrogens (tertiary/aromatic N) is 3. The molecule has 2 aliphatic rings. The second-order valence-electron chi connectivity index (χ2n) is 7.75. The highest BCUT2D eigenvalue weighted by Gasteiger charge is 2.56. The molecule has 0 bridgehead atoms. The molecule has 4 rings (SSSR count). The van der Waals surface area contributed by atoms with Crippen LogP contribution in [0.3, 0.4) is 0 Å². The molecule has 6 nitrogen and oxygen atoms in total. The van der Waals surface area contributed by atoms with E-state index in [4.69, 9.17) is 5.73 Å². The van der Waals surface area contributed by atoms with Gasteiger partial charge in [-0.05, 0) is 55.5 Å². The van der Waals surface area contributed by atoms with Crippen molar-refractivity contribution < 1.29 is 4.79 Å². The molecule has 2 fully saturated rings. The van der Waals surface area contributed by atoms with Crippen LogP contribution in [0.5, 0.6) is 0 Å². The van der Waals surface area contributed by atoms with Crippen molar-refractivity contribution in [2.45, 2.75) is 38.4 Å². The Balaban J connectivity index is 1.52. The van der Waals surface area contributed by atoms with Gasteiger partial charge in [-0.3, -0.25) is 9.69 Å². The van der Waals surface area contributed by atoms with Crippen molar-refractivity contribution in [2.75, 3.05) is 13.1 Å². The Morgan fingerprint density at radius 3 is 2.65 bits per heavy atom. The molecule has 1 saturated heterocycles. The minimum Gasteiger partial charge on any atom is -0.366 e. The van der Waals surface area contributed by atoms with E-state index in [2.05, 4.69) is 26.8 Å². The average Bonchev–Trinajstić information content (AvgIpc) is 3.17. The topological polar surface area (TPSA) is 76.2 Å². The highest BCUT2D eigenvalue weighted by atomic mass is 16.1. The molecule has 1 atom stereocenters. The highest BCUT2D eigenvalue weighted by Crippen LogP contribution is 2.56. The molecule has 1 aromatic heterocycles. The van der Waals surface area contributed by atoms with E-state index in [0.717, 1.165) is 32.0 Å². The van der Waals surface area contributed by atoms with Crippen molar-refractivity contribution in [1.29, 1.82) is 0 Å². The second-order valence-corrected chi connectivity index (χ2v) is 7.75. The summed E-state index contributed by atoms with van der Waals surface area (Å²) in [5, 5.41) is 3.48. The standard InChI is InChI=1S/C20H27N5O/c1-24-11-10-23-18(24)14-25(17-12-20(17)6-8-22-9-7-20)13-15-2-4-16(5-3-15)19(21)26/h2-5,10-11,17,22H,6-9,12-14H2,1H3,(H2,21,26). The Kier molecular flexibility index (Phi) is 4.54. The number of aromatic nitrogens is 2. The van der Waals surface area contributed by atoms with E-state index in [1.54, 1.807) is 0 Å². The zero-order valence-electron chi connectivity index (χ0n) is 15.3. The van der Waals surface area contributed by atoms with Crippen LogP contribution in [0.1, 0.15) is 41.0 Å². The first kappa shape index (κ1) is 17.2. The van der Waals surface area contributed by atoms with Crippen LogP contribution in [-0.2, 0) is 20.1 Å². The van der Waals surface area contributed by atoms with Gasteiger partial charge in [0.2, 0.25) is 5.91 Å². The number of carbonyl (C=O) groups is 1. The minimum absolute atomic E-state index is 0.378. The number of amides is 1. The fraction of sp³-hybridized carbons (Fsp3) is 0.500. The molecule has 1 amide bonds. The third-order valence-corrected chi connectivity index (χ3v) is 6.08. The minimum atomic E-state index is -0.378. The fourth-order valence-electron chi connectivity index (χ4n) is 4.32. The maximum Gasteiger partial charge on any atom is 0.248 e. The summed E-state index contributed by atoms with van der Waals surface area (Å²) in [6.07, 6.45) is 7.66. The maximum atomic E-state index is 11.3. The summed E-state index contributed by atoms with van der Waals surface area (Å²) in [6.45, 7) is 3.97. The Bertz CT molecular complexity index is 776. The first-order valence-corrected chi connectivity index (χ1v) is 9.37. The molecule has 1 aliphatic heterocycles. The number of nitrogens with one attached hydrogen (secondary N) is 1. The normalized spacial score (nSPS) is 21.2. The van der Waals surface area contributed by atoms with Crippen molar-refractivity contribution in [3.8, 4) is 0 Å². The number of benzene rings is 1. The van der Waals surface area contributed by atoms with Crippen molar-refractivity contribution in [2.24, 2.45) is 18.2 Å². The average molecular weight is 353 g/mol. The zero-order chi connectivity index (χ0) is 18.1. The van der Waals surface area contributed by atoms with Gasteiger partial charge in [-0.1, -0.05) is 12.1 Å². The third kappa shape index (κ3) is 3.39. The highest BCUT2D eigenvalue weighted by molar-refractivity contribution is 5.92. The smallest absolute Gasteiger partial charge is 0.248 e. The first-order chi connectivity index (χ1) is 12.6. The van der Waals surface area contributed by atoms with Crippen LogP contribution in [0, 0.1) is 5.41 Å². The number of rotatable bonds is 6. The van der Waals surface area contributed by atoms with E-state index < -0.39 is 0 Å². The van der Waals surface area contributed by atoms with Crippen molar-refractivity contribution in [1.82, 2.24) is 19.8 Å². The van der Waals surface area contributed by atoms with Gasteiger partial charge in [0.05, 0.1) is 6.54 Å². The van der Waals surface area contributed by atoms with Crippen LogP contribution in [0.25, 0.3) is 0 Å². The Labute approximate surface area is 154 Å². The fourth-order valence-corrected chi connectivity index (χ4v) is 4.32. The summed E-state index contributed by atoms with van der Waals surface area (Å²) in [5.41, 5.74) is 7.60. The van der Waals surface area contributed by atoms with E-state index in [1.807, 2.05) is 36.7 Å². The lowest BCUT2D eigenvalue weighted by Gasteiger charge is -2.29. The molecule has 2 heterocycles. The van der Waals surface area contributed by atoms with Crippen LogP contribution in [0.15, 0.2) is 36.7 Å². The van der Waals surface area contributed by atoms with Gasteiger partial charge in [0.1, 0.15) is 5.82 Å². The van der Waals surface area contributed by atoms with Gasteiger partial charge in [-0.15, -0.1) is 0 Å². The van der Waals surface area contributed by atoms with Crippen molar-refractivity contribution >= 4 is 5.91 Å². The molecule has 1 unspecified atom stereocenters. The molecule has 3 N–H and O–H groups in total. The Morgan fingerprint density at radius 2 is 2.04 bits per heavy atom. The number of nitrogens with two attached hydrogens (primary N) is 1. The number of piperidine rings is 1. The van der Waals surface area contributed by atoms with Crippen LogP contribution >= 0.6 is 0 Å². The van der Waals surface area contributed by atoms with E-state index in [0.29, 0.717) is 17.0 Å². The summed E-state index contributed by atoms with van der Waals surface area (Å²) in [7, 11) is 2.05. The number of imidazole rings is 1. The Hall–Kier alpha value is -2.18. The predicted octanol–water partition coefficient (Wildman–Crippen LogP) is 1.66.